The molecule has 0 bridgehead atoms. The average molecular weight is 541 g/mol. The van der Waals surface area contributed by atoms with Gasteiger partial charge in [0.2, 0.25) is 5.17 Å². The summed E-state index contributed by atoms with van der Waals surface area (Å²) in [5, 5.41) is 15.8. The normalized spacial score (nSPS) is 15.6. The lowest BCUT2D eigenvalue weighted by molar-refractivity contribution is -0.114. The van der Waals surface area contributed by atoms with Crippen molar-refractivity contribution in [2.24, 2.45) is 10.1 Å². The molecule has 8 nitrogen and oxygen atoms in total. The molecule has 0 spiro atoms. The van der Waals surface area contributed by atoms with E-state index in [-0.39, 0.29) is 11.4 Å². The number of rotatable bonds is 10. The summed E-state index contributed by atoms with van der Waals surface area (Å²) in [6.07, 6.45) is 2.24. The van der Waals surface area contributed by atoms with Crippen molar-refractivity contribution in [3.63, 3.8) is 0 Å². The molecule has 5 rings (SSSR count). The number of carbonyl (C=O) groups is 1. The standard InChI is InChI=1S/C30H28N4O4S/c1-3-36-26-18-22(12-13-25(26)38-15-14-37-23-11-7-8-20(2)16-23)17-24-28(31)34-30(32-29(24)35)39-27(33-34)19-21-9-5-4-6-10-21/h4-13,16-18,31H,3,14-15,19H2,1-2H3. The van der Waals surface area contributed by atoms with Gasteiger partial charge in [0.15, 0.2) is 17.3 Å². The van der Waals surface area contributed by atoms with Crippen LogP contribution in [0.15, 0.2) is 88.5 Å². The van der Waals surface area contributed by atoms with Gasteiger partial charge in [0.05, 0.1) is 12.2 Å². The molecule has 0 aromatic heterocycles. The molecule has 2 aliphatic rings. The third-order valence-corrected chi connectivity index (χ3v) is 6.78. The summed E-state index contributed by atoms with van der Waals surface area (Å²) in [5.74, 6) is 1.43. The van der Waals surface area contributed by atoms with Gasteiger partial charge in [0.25, 0.3) is 5.91 Å². The number of aryl methyl sites for hydroxylation is 1. The summed E-state index contributed by atoms with van der Waals surface area (Å²) in [6.45, 7) is 5.08. The van der Waals surface area contributed by atoms with Crippen molar-refractivity contribution in [1.29, 1.82) is 5.41 Å². The highest BCUT2D eigenvalue weighted by Gasteiger charge is 2.35. The van der Waals surface area contributed by atoms with E-state index in [0.29, 0.717) is 48.5 Å². The van der Waals surface area contributed by atoms with Crippen LogP contribution in [0.3, 0.4) is 0 Å². The summed E-state index contributed by atoms with van der Waals surface area (Å²) in [5.41, 5.74) is 3.08. The topological polar surface area (TPSA) is 96.6 Å². The number of nitrogens with zero attached hydrogens (tertiary/aromatic N) is 3. The Labute approximate surface area is 231 Å². The van der Waals surface area contributed by atoms with Crippen molar-refractivity contribution in [3.8, 4) is 17.2 Å². The maximum absolute atomic E-state index is 12.8. The van der Waals surface area contributed by atoms with Crippen LogP contribution in [-0.4, -0.2) is 46.8 Å². The van der Waals surface area contributed by atoms with E-state index in [1.54, 1.807) is 18.2 Å². The number of hydrogen-bond acceptors (Lipinski definition) is 7. The van der Waals surface area contributed by atoms with E-state index in [0.717, 1.165) is 21.9 Å². The second-order valence-electron chi connectivity index (χ2n) is 8.83. The molecule has 9 heteroatoms. The Bertz CT molecular complexity index is 1480. The number of amides is 1. The maximum Gasteiger partial charge on any atom is 0.283 e. The van der Waals surface area contributed by atoms with Crippen molar-refractivity contribution < 1.29 is 19.0 Å². The van der Waals surface area contributed by atoms with E-state index in [1.165, 1.54) is 16.8 Å². The molecule has 2 heterocycles. The lowest BCUT2D eigenvalue weighted by atomic mass is 10.1. The van der Waals surface area contributed by atoms with Crippen LogP contribution in [0.1, 0.15) is 23.6 Å². The number of hydrogen-bond donors (Lipinski definition) is 1. The number of amidine groups is 2. The number of hydrazone groups is 1. The average Bonchev–Trinajstić information content (AvgIpc) is 3.33. The van der Waals surface area contributed by atoms with Gasteiger partial charge >= 0.3 is 0 Å². The highest BCUT2D eigenvalue weighted by molar-refractivity contribution is 8.26. The molecule has 0 aliphatic carbocycles. The predicted molar refractivity (Wildman–Crippen MR) is 155 cm³/mol. The number of nitrogens with one attached hydrogen (secondary N) is 1. The first kappa shape index (κ1) is 26.2. The Balaban J connectivity index is 1.28. The predicted octanol–water partition coefficient (Wildman–Crippen LogP) is 5.71. The third-order valence-electron chi connectivity index (χ3n) is 5.87. The van der Waals surface area contributed by atoms with Crippen LogP contribution >= 0.6 is 11.8 Å². The lowest BCUT2D eigenvalue weighted by Crippen LogP contribution is -2.35. The first-order valence-electron chi connectivity index (χ1n) is 12.6. The van der Waals surface area contributed by atoms with Crippen LogP contribution in [-0.2, 0) is 11.2 Å². The van der Waals surface area contributed by atoms with Crippen molar-refractivity contribution in [1.82, 2.24) is 5.01 Å². The molecular formula is C30H28N4O4S. The Morgan fingerprint density at radius 2 is 1.77 bits per heavy atom. The summed E-state index contributed by atoms with van der Waals surface area (Å²) in [7, 11) is 0. The zero-order chi connectivity index (χ0) is 27.2. The van der Waals surface area contributed by atoms with Crippen molar-refractivity contribution in [3.05, 3.63) is 95.1 Å². The van der Waals surface area contributed by atoms with Gasteiger partial charge in [-0.1, -0.05) is 48.5 Å². The van der Waals surface area contributed by atoms with Crippen LogP contribution in [0.25, 0.3) is 6.08 Å². The van der Waals surface area contributed by atoms with E-state index in [4.69, 9.17) is 19.6 Å². The zero-order valence-corrected chi connectivity index (χ0v) is 22.5. The van der Waals surface area contributed by atoms with Crippen molar-refractivity contribution in [2.75, 3.05) is 19.8 Å². The largest absolute Gasteiger partial charge is 0.490 e. The highest BCUT2D eigenvalue weighted by atomic mass is 32.2. The van der Waals surface area contributed by atoms with Gasteiger partial charge in [0.1, 0.15) is 24.0 Å². The number of fused-ring (bicyclic) bond motifs is 1. The summed E-state index contributed by atoms with van der Waals surface area (Å²) in [6, 6.07) is 23.2. The molecular weight excluding hydrogens is 512 g/mol. The minimum absolute atomic E-state index is 0.00727. The van der Waals surface area contributed by atoms with Gasteiger partial charge in [-0.25, -0.2) is 0 Å². The van der Waals surface area contributed by atoms with E-state index < -0.39 is 5.91 Å². The van der Waals surface area contributed by atoms with Gasteiger partial charge in [-0.2, -0.15) is 15.1 Å². The number of carbonyl (C=O) groups excluding carboxylic acids is 1. The molecule has 1 N–H and O–H groups in total. The third kappa shape index (κ3) is 6.38. The fraction of sp³-hybridized carbons (Fsp3) is 0.200. The van der Waals surface area contributed by atoms with Crippen LogP contribution < -0.4 is 14.2 Å². The summed E-state index contributed by atoms with van der Waals surface area (Å²) >= 11 is 1.32. The summed E-state index contributed by atoms with van der Waals surface area (Å²) < 4.78 is 17.5. The van der Waals surface area contributed by atoms with Gasteiger partial charge in [0, 0.05) is 6.42 Å². The molecule has 0 atom stereocenters. The van der Waals surface area contributed by atoms with Crippen LogP contribution in [0.5, 0.6) is 17.2 Å². The molecule has 0 saturated heterocycles. The van der Waals surface area contributed by atoms with Crippen LogP contribution in [0.2, 0.25) is 0 Å². The van der Waals surface area contributed by atoms with Gasteiger partial charge < -0.3 is 14.2 Å². The zero-order valence-electron chi connectivity index (χ0n) is 21.7. The van der Waals surface area contributed by atoms with Gasteiger partial charge in [-0.15, -0.1) is 0 Å². The Morgan fingerprint density at radius 3 is 2.56 bits per heavy atom. The summed E-state index contributed by atoms with van der Waals surface area (Å²) in [4.78, 5) is 17.0. The number of aliphatic imine (C=N–C) groups is 1. The fourth-order valence-corrected chi connectivity index (χ4v) is 4.98. The van der Waals surface area contributed by atoms with Crippen LogP contribution in [0.4, 0.5) is 0 Å². The molecule has 0 saturated carbocycles. The van der Waals surface area contributed by atoms with Crippen LogP contribution in [0, 0.1) is 12.3 Å². The Kier molecular flexibility index (Phi) is 8.07. The fourth-order valence-electron chi connectivity index (χ4n) is 4.06. The molecule has 0 radical (unpaired) electrons. The van der Waals surface area contributed by atoms with Gasteiger partial charge in [-0.05, 0) is 72.6 Å². The monoisotopic (exact) mass is 540 g/mol. The number of benzene rings is 3. The molecule has 0 unspecified atom stereocenters. The quantitative estimate of drug-likeness (QED) is 0.261. The van der Waals surface area contributed by atoms with E-state index in [9.17, 15) is 4.79 Å². The highest BCUT2D eigenvalue weighted by Crippen LogP contribution is 2.32. The second-order valence-corrected chi connectivity index (χ2v) is 9.87. The smallest absolute Gasteiger partial charge is 0.283 e. The first-order valence-corrected chi connectivity index (χ1v) is 13.4. The minimum atomic E-state index is -0.471. The maximum atomic E-state index is 12.8. The first-order chi connectivity index (χ1) is 19.0. The van der Waals surface area contributed by atoms with E-state index in [1.807, 2.05) is 74.5 Å². The molecule has 3 aromatic rings. The molecule has 3 aromatic carbocycles. The van der Waals surface area contributed by atoms with Crippen molar-refractivity contribution >= 4 is 39.8 Å². The molecule has 39 heavy (non-hydrogen) atoms. The SMILES string of the molecule is CCOc1cc(C=C2C(=N)N3N=C(Cc4ccccc4)SC3=NC2=O)ccc1OCCOc1cccc(C)c1. The lowest BCUT2D eigenvalue weighted by Gasteiger charge is -2.20. The van der Waals surface area contributed by atoms with E-state index in [2.05, 4.69) is 10.1 Å². The van der Waals surface area contributed by atoms with Gasteiger partial charge in [-0.3, -0.25) is 10.2 Å². The molecule has 2 aliphatic heterocycles. The number of thioether (sulfide) groups is 1. The Hall–Kier alpha value is -4.37. The van der Waals surface area contributed by atoms with E-state index >= 15 is 0 Å². The molecule has 198 valence electrons. The number of ether oxygens (including phenoxy) is 3. The van der Waals surface area contributed by atoms with Crippen molar-refractivity contribution in [2.45, 2.75) is 20.3 Å². The molecule has 0 fully saturated rings. The Morgan fingerprint density at radius 1 is 0.949 bits per heavy atom. The molecule has 1 amide bonds. The minimum Gasteiger partial charge on any atom is -0.490 e. The second kappa shape index (κ2) is 12.0.